The Morgan fingerprint density at radius 1 is 1.30 bits per heavy atom. The molecule has 1 aromatic carbocycles. The molecule has 0 radical (unpaired) electrons. The molecule has 3 nitrogen and oxygen atoms in total. The standard InChI is InChI=1S/C14H16Br2FN3/c1-3-11-14(16)13(20(4-2)19-11)8-18-12-7-9(15)5-6-10(12)17/h5-7,18H,3-4,8H2,1-2H3. The Labute approximate surface area is 134 Å². The molecular formula is C14H16Br2FN3. The van der Waals surface area contributed by atoms with Crippen LogP contribution in [0.1, 0.15) is 25.2 Å². The van der Waals surface area contributed by atoms with E-state index in [4.69, 9.17) is 0 Å². The first-order valence-electron chi connectivity index (χ1n) is 6.49. The van der Waals surface area contributed by atoms with E-state index in [2.05, 4.69) is 49.2 Å². The summed E-state index contributed by atoms with van der Waals surface area (Å²) in [6.07, 6.45) is 0.867. The quantitative estimate of drug-likeness (QED) is 0.779. The van der Waals surface area contributed by atoms with Crippen LogP contribution >= 0.6 is 31.9 Å². The molecule has 1 N–H and O–H groups in total. The van der Waals surface area contributed by atoms with Gasteiger partial charge in [0, 0.05) is 11.0 Å². The van der Waals surface area contributed by atoms with Gasteiger partial charge in [0.05, 0.1) is 28.1 Å². The lowest BCUT2D eigenvalue weighted by Gasteiger charge is -2.10. The first-order chi connectivity index (χ1) is 9.56. The summed E-state index contributed by atoms with van der Waals surface area (Å²) in [5.41, 5.74) is 2.54. The van der Waals surface area contributed by atoms with Gasteiger partial charge >= 0.3 is 0 Å². The third-order valence-corrected chi connectivity index (χ3v) is 4.48. The maximum Gasteiger partial charge on any atom is 0.146 e. The van der Waals surface area contributed by atoms with Crippen molar-refractivity contribution in [2.75, 3.05) is 5.32 Å². The molecule has 2 aromatic rings. The van der Waals surface area contributed by atoms with E-state index in [1.165, 1.54) is 6.07 Å². The predicted molar refractivity (Wildman–Crippen MR) is 86.4 cm³/mol. The van der Waals surface area contributed by atoms with E-state index in [0.717, 1.165) is 33.3 Å². The molecule has 2 rings (SSSR count). The summed E-state index contributed by atoms with van der Waals surface area (Å²) in [7, 11) is 0. The molecule has 0 unspecified atom stereocenters. The van der Waals surface area contributed by atoms with Gasteiger partial charge in [-0.25, -0.2) is 4.39 Å². The van der Waals surface area contributed by atoms with Crippen LogP contribution in [-0.2, 0) is 19.5 Å². The lowest BCUT2D eigenvalue weighted by atomic mass is 10.2. The molecule has 20 heavy (non-hydrogen) atoms. The average Bonchev–Trinajstić information content (AvgIpc) is 2.75. The molecule has 1 heterocycles. The number of aromatic nitrogens is 2. The Balaban J connectivity index is 2.22. The molecule has 0 saturated carbocycles. The SMILES string of the molecule is CCc1nn(CC)c(CNc2cc(Br)ccc2F)c1Br. The van der Waals surface area contributed by atoms with Gasteiger partial charge in [-0.1, -0.05) is 22.9 Å². The molecule has 0 amide bonds. The van der Waals surface area contributed by atoms with Gasteiger partial charge in [0.15, 0.2) is 0 Å². The fourth-order valence-electron chi connectivity index (χ4n) is 2.00. The van der Waals surface area contributed by atoms with Crippen LogP contribution in [0.15, 0.2) is 27.1 Å². The minimum absolute atomic E-state index is 0.261. The zero-order chi connectivity index (χ0) is 14.7. The summed E-state index contributed by atoms with van der Waals surface area (Å²) in [5.74, 6) is -0.261. The second kappa shape index (κ2) is 6.72. The number of hydrogen-bond acceptors (Lipinski definition) is 2. The summed E-state index contributed by atoms with van der Waals surface area (Å²) in [6, 6.07) is 4.86. The minimum atomic E-state index is -0.261. The molecule has 0 saturated heterocycles. The van der Waals surface area contributed by atoms with Crippen molar-refractivity contribution in [2.24, 2.45) is 0 Å². The summed E-state index contributed by atoms with van der Waals surface area (Å²) in [4.78, 5) is 0. The van der Waals surface area contributed by atoms with Crippen LogP contribution in [0.3, 0.4) is 0 Å². The number of nitrogens with one attached hydrogen (secondary N) is 1. The largest absolute Gasteiger partial charge is 0.377 e. The van der Waals surface area contributed by atoms with Crippen molar-refractivity contribution in [1.29, 1.82) is 0 Å². The Kier molecular flexibility index (Phi) is 5.21. The summed E-state index contributed by atoms with van der Waals surface area (Å²) in [6.45, 7) is 5.42. The third kappa shape index (κ3) is 3.23. The second-order valence-corrected chi connectivity index (χ2v) is 6.06. The normalized spacial score (nSPS) is 10.8. The fourth-order valence-corrected chi connectivity index (χ4v) is 3.06. The summed E-state index contributed by atoms with van der Waals surface area (Å²) in [5, 5.41) is 7.65. The maximum absolute atomic E-state index is 13.7. The molecule has 0 atom stereocenters. The number of hydrogen-bond donors (Lipinski definition) is 1. The Hall–Kier alpha value is -0.880. The van der Waals surface area contributed by atoms with Gasteiger partial charge in [0.25, 0.3) is 0 Å². The first kappa shape index (κ1) is 15.5. The lowest BCUT2D eigenvalue weighted by molar-refractivity contribution is 0.613. The van der Waals surface area contributed by atoms with Gasteiger partial charge in [-0.05, 0) is 47.5 Å². The highest BCUT2D eigenvalue weighted by atomic mass is 79.9. The highest BCUT2D eigenvalue weighted by molar-refractivity contribution is 9.10. The predicted octanol–water partition coefficient (Wildman–Crippen LogP) is 4.74. The number of benzene rings is 1. The van der Waals surface area contributed by atoms with Crippen LogP contribution in [0, 0.1) is 5.82 Å². The van der Waals surface area contributed by atoms with Crippen molar-refractivity contribution in [1.82, 2.24) is 9.78 Å². The Morgan fingerprint density at radius 3 is 2.70 bits per heavy atom. The van der Waals surface area contributed by atoms with Crippen molar-refractivity contribution >= 4 is 37.5 Å². The zero-order valence-electron chi connectivity index (χ0n) is 11.4. The van der Waals surface area contributed by atoms with E-state index in [1.807, 2.05) is 11.6 Å². The zero-order valence-corrected chi connectivity index (χ0v) is 14.6. The molecular weight excluding hydrogens is 389 g/mol. The number of nitrogens with zero attached hydrogens (tertiary/aromatic N) is 2. The number of aryl methyl sites for hydroxylation is 2. The van der Waals surface area contributed by atoms with Gasteiger partial charge in [0.1, 0.15) is 5.82 Å². The van der Waals surface area contributed by atoms with E-state index >= 15 is 0 Å². The topological polar surface area (TPSA) is 29.9 Å². The molecule has 108 valence electrons. The molecule has 0 bridgehead atoms. The van der Waals surface area contributed by atoms with E-state index in [0.29, 0.717) is 12.2 Å². The van der Waals surface area contributed by atoms with Crippen LogP contribution in [0.25, 0.3) is 0 Å². The molecule has 1 aromatic heterocycles. The Morgan fingerprint density at radius 2 is 2.05 bits per heavy atom. The fraction of sp³-hybridized carbons (Fsp3) is 0.357. The number of anilines is 1. The van der Waals surface area contributed by atoms with Crippen molar-refractivity contribution in [3.05, 3.63) is 44.3 Å². The van der Waals surface area contributed by atoms with Crippen LogP contribution in [-0.4, -0.2) is 9.78 Å². The maximum atomic E-state index is 13.7. The molecule has 6 heteroatoms. The molecule has 0 fully saturated rings. The molecule has 0 aliphatic heterocycles. The van der Waals surface area contributed by atoms with E-state index in [9.17, 15) is 4.39 Å². The van der Waals surface area contributed by atoms with Gasteiger partial charge in [0.2, 0.25) is 0 Å². The average molecular weight is 405 g/mol. The smallest absolute Gasteiger partial charge is 0.146 e. The van der Waals surface area contributed by atoms with E-state index < -0.39 is 0 Å². The van der Waals surface area contributed by atoms with Gasteiger partial charge < -0.3 is 5.32 Å². The summed E-state index contributed by atoms with van der Waals surface area (Å²) >= 11 is 6.93. The van der Waals surface area contributed by atoms with Crippen LogP contribution in [0.5, 0.6) is 0 Å². The van der Waals surface area contributed by atoms with Gasteiger partial charge in [-0.15, -0.1) is 0 Å². The number of rotatable bonds is 5. The molecule has 0 aliphatic rings. The van der Waals surface area contributed by atoms with Crippen molar-refractivity contribution in [3.63, 3.8) is 0 Å². The van der Waals surface area contributed by atoms with Crippen LogP contribution in [0.4, 0.5) is 10.1 Å². The molecule has 0 spiro atoms. The first-order valence-corrected chi connectivity index (χ1v) is 8.08. The van der Waals surface area contributed by atoms with Crippen molar-refractivity contribution in [3.8, 4) is 0 Å². The monoisotopic (exact) mass is 403 g/mol. The van der Waals surface area contributed by atoms with Crippen LogP contribution < -0.4 is 5.32 Å². The Bertz CT molecular complexity index is 611. The number of halogens is 3. The van der Waals surface area contributed by atoms with E-state index in [1.54, 1.807) is 12.1 Å². The van der Waals surface area contributed by atoms with Gasteiger partial charge in [-0.2, -0.15) is 5.10 Å². The second-order valence-electron chi connectivity index (χ2n) is 4.35. The van der Waals surface area contributed by atoms with Crippen molar-refractivity contribution < 1.29 is 4.39 Å². The highest BCUT2D eigenvalue weighted by Crippen LogP contribution is 2.25. The van der Waals surface area contributed by atoms with Crippen molar-refractivity contribution in [2.45, 2.75) is 33.4 Å². The van der Waals surface area contributed by atoms with E-state index in [-0.39, 0.29) is 5.82 Å². The highest BCUT2D eigenvalue weighted by Gasteiger charge is 2.14. The molecule has 0 aliphatic carbocycles. The summed E-state index contributed by atoms with van der Waals surface area (Å²) < 4.78 is 17.5. The third-order valence-electron chi connectivity index (χ3n) is 3.07. The minimum Gasteiger partial charge on any atom is -0.377 e. The van der Waals surface area contributed by atoms with Gasteiger partial charge in [-0.3, -0.25) is 4.68 Å². The van der Waals surface area contributed by atoms with Crippen LogP contribution in [0.2, 0.25) is 0 Å². The lowest BCUT2D eigenvalue weighted by Crippen LogP contribution is -2.09.